The number of nitrogens with two attached hydrogens (primary N) is 1. The van der Waals surface area contributed by atoms with Gasteiger partial charge in [0.1, 0.15) is 12.1 Å². The van der Waals surface area contributed by atoms with Crippen LogP contribution in [0.4, 0.5) is 0 Å². The molecular weight excluding hydrogens is 376 g/mol. The number of hydrogen-bond donors (Lipinski definition) is 5. The van der Waals surface area contributed by atoms with Gasteiger partial charge in [-0.25, -0.2) is 4.79 Å². The molecule has 0 radical (unpaired) electrons. The van der Waals surface area contributed by atoms with Gasteiger partial charge in [0.05, 0.1) is 6.04 Å². The van der Waals surface area contributed by atoms with E-state index in [1.807, 2.05) is 30.3 Å². The molecule has 0 aromatic heterocycles. The molecule has 0 spiro atoms. The molecule has 1 aromatic rings. The van der Waals surface area contributed by atoms with Gasteiger partial charge in [-0.1, -0.05) is 30.3 Å². The maximum absolute atomic E-state index is 12.7. The summed E-state index contributed by atoms with van der Waals surface area (Å²) in [4.78, 5) is 38.0. The molecule has 2 aliphatic heterocycles. The third-order valence-corrected chi connectivity index (χ3v) is 5.53. The number of hydrogen-bond acceptors (Lipinski definition) is 6. The number of benzene rings is 1. The predicted octanol–water partition coefficient (Wildman–Crippen LogP) is -1.16. The Morgan fingerprint density at radius 3 is 2.59 bits per heavy atom. The van der Waals surface area contributed by atoms with Crippen molar-refractivity contribution < 1.29 is 24.6 Å². The topological polar surface area (TPSA) is 145 Å². The van der Waals surface area contributed by atoms with Crippen molar-refractivity contribution in [2.24, 2.45) is 5.73 Å². The second-order valence-corrected chi connectivity index (χ2v) is 7.78. The molecule has 0 aliphatic carbocycles. The number of aliphatic hydroxyl groups is 1. The van der Waals surface area contributed by atoms with Gasteiger partial charge in [0, 0.05) is 31.6 Å². The summed E-state index contributed by atoms with van der Waals surface area (Å²) in [5.41, 5.74) is 6.84. The molecule has 158 valence electrons. The van der Waals surface area contributed by atoms with Gasteiger partial charge in [0.2, 0.25) is 11.8 Å². The molecule has 5 atom stereocenters. The molecule has 6 N–H and O–H groups in total. The quantitative estimate of drug-likeness (QED) is 0.385. The van der Waals surface area contributed by atoms with Crippen LogP contribution in [0.1, 0.15) is 24.8 Å². The molecule has 0 saturated carbocycles. The highest BCUT2D eigenvalue weighted by atomic mass is 16.4. The van der Waals surface area contributed by atoms with Crippen LogP contribution in [0.3, 0.4) is 0 Å². The van der Waals surface area contributed by atoms with Gasteiger partial charge in [0.15, 0.2) is 0 Å². The van der Waals surface area contributed by atoms with Gasteiger partial charge in [-0.15, -0.1) is 0 Å². The minimum absolute atomic E-state index is 0.0976. The van der Waals surface area contributed by atoms with Crippen molar-refractivity contribution in [3.05, 3.63) is 35.9 Å². The molecular formula is C20H28N4O5. The first-order valence-corrected chi connectivity index (χ1v) is 9.89. The molecule has 1 aromatic carbocycles. The number of carboxylic acids is 1. The largest absolute Gasteiger partial charge is 0.480 e. The molecule has 2 heterocycles. The van der Waals surface area contributed by atoms with Gasteiger partial charge in [-0.2, -0.15) is 0 Å². The fraction of sp³-hybridized carbons (Fsp3) is 0.550. The Labute approximate surface area is 169 Å². The van der Waals surface area contributed by atoms with E-state index in [-0.39, 0.29) is 31.3 Å². The minimum Gasteiger partial charge on any atom is -0.480 e. The van der Waals surface area contributed by atoms with E-state index < -0.39 is 36.1 Å². The summed E-state index contributed by atoms with van der Waals surface area (Å²) < 4.78 is 0. The van der Waals surface area contributed by atoms with Gasteiger partial charge >= 0.3 is 5.97 Å². The van der Waals surface area contributed by atoms with Gasteiger partial charge in [-0.05, 0) is 24.8 Å². The Kier molecular flexibility index (Phi) is 6.83. The smallest absolute Gasteiger partial charge is 0.326 e. The summed E-state index contributed by atoms with van der Waals surface area (Å²) in [5.74, 6) is -1.97. The summed E-state index contributed by atoms with van der Waals surface area (Å²) in [5, 5.41) is 25.4. The number of carbonyl (C=O) groups is 3. The molecule has 9 heteroatoms. The molecule has 2 fully saturated rings. The first-order valence-electron chi connectivity index (χ1n) is 9.89. The number of nitrogens with zero attached hydrogens (tertiary/aromatic N) is 1. The van der Waals surface area contributed by atoms with Crippen molar-refractivity contribution in [2.45, 2.75) is 56.0 Å². The van der Waals surface area contributed by atoms with E-state index in [1.54, 1.807) is 0 Å². The number of likely N-dealkylation sites (tertiary alicyclic amines) is 1. The van der Waals surface area contributed by atoms with E-state index in [1.165, 1.54) is 4.90 Å². The number of nitrogens with one attached hydrogen (secondary N) is 2. The summed E-state index contributed by atoms with van der Waals surface area (Å²) in [6, 6.07) is 7.36. The average Bonchev–Trinajstić information content (AvgIpc) is 3.33. The third-order valence-electron chi connectivity index (χ3n) is 5.53. The van der Waals surface area contributed by atoms with Gasteiger partial charge < -0.3 is 31.5 Å². The van der Waals surface area contributed by atoms with Crippen LogP contribution in [0.25, 0.3) is 0 Å². The lowest BCUT2D eigenvalue weighted by molar-refractivity contribution is -0.148. The maximum Gasteiger partial charge on any atom is 0.326 e. The zero-order chi connectivity index (χ0) is 21.0. The highest BCUT2D eigenvalue weighted by Crippen LogP contribution is 2.21. The summed E-state index contributed by atoms with van der Waals surface area (Å²) in [6.07, 6.45) is 0.180. The van der Waals surface area contributed by atoms with Crippen LogP contribution in [-0.2, 0) is 20.8 Å². The number of aryl methyl sites for hydroxylation is 1. The van der Waals surface area contributed by atoms with E-state index in [0.29, 0.717) is 19.4 Å². The Balaban J connectivity index is 1.54. The fourth-order valence-corrected chi connectivity index (χ4v) is 3.95. The Morgan fingerprint density at radius 1 is 1.24 bits per heavy atom. The summed E-state index contributed by atoms with van der Waals surface area (Å²) in [7, 11) is 0. The molecule has 2 amide bonds. The first-order chi connectivity index (χ1) is 13.8. The van der Waals surface area contributed by atoms with Gasteiger partial charge in [-0.3, -0.25) is 9.59 Å². The highest BCUT2D eigenvalue weighted by molar-refractivity contribution is 5.88. The van der Waals surface area contributed by atoms with Crippen molar-refractivity contribution in [3.63, 3.8) is 0 Å². The lowest BCUT2D eigenvalue weighted by Crippen LogP contribution is -2.49. The average molecular weight is 404 g/mol. The van der Waals surface area contributed by atoms with Crippen LogP contribution < -0.4 is 16.4 Å². The van der Waals surface area contributed by atoms with Crippen LogP contribution in [0, 0.1) is 0 Å². The SMILES string of the molecule is N[C@H]1CN[C@H](C(=O)N2C[C@H](NC(=O)[C@H](O)CCc3ccccc3)C[C@H]2C(=O)O)C1. The summed E-state index contributed by atoms with van der Waals surface area (Å²) >= 11 is 0. The zero-order valence-electron chi connectivity index (χ0n) is 16.2. The minimum atomic E-state index is -1.20. The zero-order valence-corrected chi connectivity index (χ0v) is 16.2. The number of rotatable bonds is 7. The van der Waals surface area contributed by atoms with E-state index in [2.05, 4.69) is 10.6 Å². The highest BCUT2D eigenvalue weighted by Gasteiger charge is 2.43. The molecule has 0 bridgehead atoms. The van der Waals surface area contributed by atoms with Crippen molar-refractivity contribution >= 4 is 17.8 Å². The van der Waals surface area contributed by atoms with Crippen molar-refractivity contribution in [3.8, 4) is 0 Å². The summed E-state index contributed by atoms with van der Waals surface area (Å²) in [6.45, 7) is 0.607. The Hall–Kier alpha value is -2.49. The fourth-order valence-electron chi connectivity index (χ4n) is 3.95. The second kappa shape index (κ2) is 9.34. The standard InChI is InChI=1S/C20H28N4O5/c21-13-8-15(22-10-13)19(27)24-11-14(9-16(24)20(28)29)23-18(26)17(25)7-6-12-4-2-1-3-5-12/h1-5,13-17,22,25H,6-11,21H2,(H,23,26)(H,28,29)/t13-,14-,15+,16+,17-/m1/s1. The Bertz CT molecular complexity index is 744. The van der Waals surface area contributed by atoms with Crippen LogP contribution in [0.2, 0.25) is 0 Å². The van der Waals surface area contributed by atoms with Crippen LogP contribution in [-0.4, -0.2) is 76.3 Å². The molecule has 9 nitrogen and oxygen atoms in total. The Morgan fingerprint density at radius 2 is 1.97 bits per heavy atom. The van der Waals surface area contributed by atoms with E-state index in [4.69, 9.17) is 5.73 Å². The van der Waals surface area contributed by atoms with Crippen LogP contribution in [0.5, 0.6) is 0 Å². The molecule has 3 rings (SSSR count). The normalized spacial score (nSPS) is 27.6. The number of carboxylic acid groups (broad SMARTS) is 1. The van der Waals surface area contributed by atoms with Crippen molar-refractivity contribution in [2.75, 3.05) is 13.1 Å². The van der Waals surface area contributed by atoms with Crippen LogP contribution in [0.15, 0.2) is 30.3 Å². The van der Waals surface area contributed by atoms with E-state index in [9.17, 15) is 24.6 Å². The number of aliphatic carboxylic acids is 1. The molecule has 2 aliphatic rings. The number of carbonyl (C=O) groups excluding carboxylic acids is 2. The molecule has 2 saturated heterocycles. The third kappa shape index (κ3) is 5.31. The van der Waals surface area contributed by atoms with Crippen molar-refractivity contribution in [1.29, 1.82) is 0 Å². The van der Waals surface area contributed by atoms with Crippen molar-refractivity contribution in [1.82, 2.24) is 15.5 Å². The maximum atomic E-state index is 12.7. The monoisotopic (exact) mass is 404 g/mol. The van der Waals surface area contributed by atoms with Crippen LogP contribution >= 0.6 is 0 Å². The van der Waals surface area contributed by atoms with E-state index in [0.717, 1.165) is 5.56 Å². The number of amides is 2. The lowest BCUT2D eigenvalue weighted by atomic mass is 10.1. The first kappa shape index (κ1) is 21.2. The predicted molar refractivity (Wildman–Crippen MR) is 105 cm³/mol. The number of aliphatic hydroxyl groups excluding tert-OH is 1. The van der Waals surface area contributed by atoms with E-state index >= 15 is 0 Å². The molecule has 29 heavy (non-hydrogen) atoms. The second-order valence-electron chi connectivity index (χ2n) is 7.78. The van der Waals surface area contributed by atoms with Gasteiger partial charge in [0.25, 0.3) is 0 Å². The lowest BCUT2D eigenvalue weighted by Gasteiger charge is -2.24. The molecule has 0 unspecified atom stereocenters.